The maximum absolute atomic E-state index is 14.0. The molecule has 2 aromatic carbocycles. The Hall–Kier alpha value is -4.29. The van der Waals surface area contributed by atoms with E-state index < -0.39 is 23.6 Å². The predicted octanol–water partition coefficient (Wildman–Crippen LogP) is 4.93. The summed E-state index contributed by atoms with van der Waals surface area (Å²) in [6, 6.07) is 10.2. The molecule has 0 aliphatic carbocycles. The molecular weight excluding hydrogens is 535 g/mol. The van der Waals surface area contributed by atoms with E-state index in [9.17, 15) is 22.8 Å². The molecule has 5 rings (SSSR count). The van der Waals surface area contributed by atoms with E-state index in [1.807, 2.05) is 4.90 Å². The minimum atomic E-state index is -4.57. The van der Waals surface area contributed by atoms with Crippen molar-refractivity contribution in [1.82, 2.24) is 25.0 Å². The van der Waals surface area contributed by atoms with Gasteiger partial charge in [0.1, 0.15) is 0 Å². The summed E-state index contributed by atoms with van der Waals surface area (Å²) < 4.78 is 42.0. The van der Waals surface area contributed by atoms with Crippen molar-refractivity contribution in [2.75, 3.05) is 43.4 Å². The summed E-state index contributed by atoms with van der Waals surface area (Å²) >= 11 is 0. The van der Waals surface area contributed by atoms with Gasteiger partial charge in [-0.25, -0.2) is 4.98 Å². The number of H-pyrrole nitrogens is 1. The zero-order valence-corrected chi connectivity index (χ0v) is 22.7. The van der Waals surface area contributed by atoms with E-state index in [0.29, 0.717) is 40.9 Å². The Kier molecular flexibility index (Phi) is 8.04. The van der Waals surface area contributed by atoms with Gasteiger partial charge in [0.15, 0.2) is 5.65 Å². The lowest BCUT2D eigenvalue weighted by Crippen LogP contribution is -2.45. The Morgan fingerprint density at radius 2 is 1.66 bits per heavy atom. The van der Waals surface area contributed by atoms with Crippen molar-refractivity contribution in [3.05, 3.63) is 82.7 Å². The predicted molar refractivity (Wildman–Crippen MR) is 150 cm³/mol. The average molecular weight is 566 g/mol. The number of fused-ring (bicyclic) bond motifs is 1. The molecule has 0 atom stereocenters. The first-order chi connectivity index (χ1) is 19.6. The monoisotopic (exact) mass is 565 g/mol. The van der Waals surface area contributed by atoms with Crippen LogP contribution in [0.3, 0.4) is 0 Å². The van der Waals surface area contributed by atoms with E-state index in [2.05, 4.69) is 37.6 Å². The molecule has 2 amide bonds. The molecule has 4 aromatic rings. The fraction of sp³-hybridized carbons (Fsp3) is 0.310. The maximum atomic E-state index is 14.0. The van der Waals surface area contributed by atoms with Crippen LogP contribution in [0, 0.1) is 6.92 Å². The third-order valence-electron chi connectivity index (χ3n) is 7.28. The maximum Gasteiger partial charge on any atom is 0.416 e. The number of rotatable bonds is 7. The molecule has 3 heterocycles. The van der Waals surface area contributed by atoms with E-state index in [1.54, 1.807) is 31.3 Å². The molecule has 214 valence electrons. The van der Waals surface area contributed by atoms with Gasteiger partial charge in [0.25, 0.3) is 11.8 Å². The summed E-state index contributed by atoms with van der Waals surface area (Å²) in [7, 11) is 0. The Morgan fingerprint density at radius 1 is 0.927 bits per heavy atom. The minimum absolute atomic E-state index is 0.0347. The molecule has 12 heteroatoms. The number of amides is 2. The number of aryl methyl sites for hydroxylation is 1. The highest BCUT2D eigenvalue weighted by Crippen LogP contribution is 2.35. The first-order valence-electron chi connectivity index (χ1n) is 13.3. The van der Waals surface area contributed by atoms with Gasteiger partial charge in [-0.2, -0.15) is 18.3 Å². The number of nitrogens with zero attached hydrogens (tertiary/aromatic N) is 4. The molecule has 0 bridgehead atoms. The highest BCUT2D eigenvalue weighted by Gasteiger charge is 2.34. The van der Waals surface area contributed by atoms with Gasteiger partial charge < -0.3 is 15.5 Å². The number of nitrogens with one attached hydrogen (secondary N) is 3. The lowest BCUT2D eigenvalue weighted by molar-refractivity contribution is -0.138. The van der Waals surface area contributed by atoms with E-state index in [1.165, 1.54) is 24.4 Å². The first kappa shape index (κ1) is 28.2. The van der Waals surface area contributed by atoms with Crippen molar-refractivity contribution in [2.45, 2.75) is 26.6 Å². The lowest BCUT2D eigenvalue weighted by Gasteiger charge is -2.34. The largest absolute Gasteiger partial charge is 0.416 e. The van der Waals surface area contributed by atoms with Crippen LogP contribution in [0.25, 0.3) is 11.0 Å². The van der Waals surface area contributed by atoms with Crippen molar-refractivity contribution in [3.8, 4) is 0 Å². The molecular formula is C29H30F3N7O2. The molecule has 1 fully saturated rings. The Balaban J connectivity index is 1.30. The van der Waals surface area contributed by atoms with Gasteiger partial charge in [-0.15, -0.1) is 0 Å². The molecule has 0 spiro atoms. The number of alkyl halides is 3. The van der Waals surface area contributed by atoms with Crippen LogP contribution in [0.2, 0.25) is 0 Å². The number of carbonyl (C=O) groups is 2. The molecule has 1 saturated heterocycles. The van der Waals surface area contributed by atoms with Crippen LogP contribution in [-0.4, -0.2) is 69.5 Å². The van der Waals surface area contributed by atoms with Gasteiger partial charge in [0, 0.05) is 61.2 Å². The highest BCUT2D eigenvalue weighted by molar-refractivity contribution is 6.08. The molecule has 1 aliphatic heterocycles. The number of piperazine rings is 1. The average Bonchev–Trinajstić information content (AvgIpc) is 3.43. The zero-order valence-electron chi connectivity index (χ0n) is 22.7. The van der Waals surface area contributed by atoms with Crippen molar-refractivity contribution in [2.24, 2.45) is 0 Å². The van der Waals surface area contributed by atoms with Crippen LogP contribution in [0.1, 0.15) is 44.3 Å². The topological polar surface area (TPSA) is 106 Å². The summed E-state index contributed by atoms with van der Waals surface area (Å²) in [4.78, 5) is 34.3. The number of hydrogen-bond donors (Lipinski definition) is 3. The van der Waals surface area contributed by atoms with Crippen molar-refractivity contribution >= 4 is 34.2 Å². The second kappa shape index (κ2) is 11.7. The van der Waals surface area contributed by atoms with Crippen molar-refractivity contribution in [3.63, 3.8) is 0 Å². The summed E-state index contributed by atoms with van der Waals surface area (Å²) in [5, 5.41) is 12.6. The number of anilines is 2. The number of halogens is 3. The second-order valence-electron chi connectivity index (χ2n) is 10.0. The number of benzene rings is 2. The van der Waals surface area contributed by atoms with Crippen molar-refractivity contribution in [1.29, 1.82) is 0 Å². The van der Waals surface area contributed by atoms with Crippen LogP contribution >= 0.6 is 0 Å². The number of aromatic amines is 1. The van der Waals surface area contributed by atoms with E-state index in [4.69, 9.17) is 0 Å². The summed E-state index contributed by atoms with van der Waals surface area (Å²) in [6.07, 6.45) is -1.61. The Morgan fingerprint density at radius 3 is 2.39 bits per heavy atom. The second-order valence-corrected chi connectivity index (χ2v) is 10.0. The van der Waals surface area contributed by atoms with E-state index >= 15 is 0 Å². The van der Waals surface area contributed by atoms with E-state index in [0.717, 1.165) is 25.7 Å². The molecule has 0 saturated carbocycles. The highest BCUT2D eigenvalue weighted by atomic mass is 19.4. The Bertz CT molecular complexity index is 1580. The summed E-state index contributed by atoms with van der Waals surface area (Å²) in [5.74, 6) is -1.03. The first-order valence-corrected chi connectivity index (χ1v) is 13.3. The molecule has 9 nitrogen and oxygen atoms in total. The zero-order chi connectivity index (χ0) is 29.1. The minimum Gasteiger partial charge on any atom is -0.322 e. The molecule has 41 heavy (non-hydrogen) atoms. The van der Waals surface area contributed by atoms with Crippen molar-refractivity contribution < 1.29 is 22.8 Å². The Labute approximate surface area is 234 Å². The van der Waals surface area contributed by atoms with Gasteiger partial charge in [-0.05, 0) is 54.9 Å². The molecule has 2 aromatic heterocycles. The van der Waals surface area contributed by atoms with Crippen LogP contribution < -0.4 is 10.6 Å². The van der Waals surface area contributed by atoms with Crippen LogP contribution in [0.15, 0.2) is 54.9 Å². The molecule has 0 unspecified atom stereocenters. The van der Waals surface area contributed by atoms with Crippen LogP contribution in [-0.2, 0) is 12.7 Å². The SMILES string of the molecule is CCN1CCN(Cc2ccc(NC(=O)c3ccc(C)c(NC(=O)c4cnc5[nH]ncc5c4)c3)cc2C(F)(F)F)CC1. The number of hydrogen-bond acceptors (Lipinski definition) is 6. The summed E-state index contributed by atoms with van der Waals surface area (Å²) in [6.45, 7) is 7.98. The smallest absolute Gasteiger partial charge is 0.322 e. The third kappa shape index (κ3) is 6.55. The van der Waals surface area contributed by atoms with E-state index in [-0.39, 0.29) is 23.4 Å². The third-order valence-corrected chi connectivity index (χ3v) is 7.28. The lowest BCUT2D eigenvalue weighted by atomic mass is 10.0. The molecule has 0 radical (unpaired) electrons. The van der Waals surface area contributed by atoms with Gasteiger partial charge in [-0.1, -0.05) is 19.1 Å². The van der Waals surface area contributed by atoms with Gasteiger partial charge >= 0.3 is 6.18 Å². The van der Waals surface area contributed by atoms with Gasteiger partial charge in [-0.3, -0.25) is 19.6 Å². The normalized spacial score (nSPS) is 14.8. The fourth-order valence-corrected chi connectivity index (χ4v) is 4.82. The fourth-order valence-electron chi connectivity index (χ4n) is 4.82. The van der Waals surface area contributed by atoms with Gasteiger partial charge in [0.2, 0.25) is 0 Å². The number of likely N-dealkylation sites (N-methyl/N-ethyl adjacent to an activating group) is 1. The van der Waals surface area contributed by atoms with Gasteiger partial charge in [0.05, 0.1) is 17.3 Å². The quantitative estimate of drug-likeness (QED) is 0.294. The molecule has 1 aliphatic rings. The molecule has 3 N–H and O–H groups in total. The number of carbonyl (C=O) groups excluding carboxylic acids is 2. The number of pyridine rings is 1. The van der Waals surface area contributed by atoms with Crippen LogP contribution in [0.4, 0.5) is 24.5 Å². The standard InChI is InChI=1S/C29H30F3N7O2/c1-3-38-8-10-39(11-9-38)17-20-6-7-23(14-24(20)29(30,31)32)35-27(40)19-5-4-18(2)25(13-19)36-28(41)22-12-21-16-34-37-26(21)33-15-22/h4-7,12-16H,3,8-11,17H2,1-2H3,(H,35,40)(H,36,41)(H,33,34,37). The summed E-state index contributed by atoms with van der Waals surface area (Å²) in [5.41, 5.74) is 1.57. The number of aromatic nitrogens is 3. The van der Waals surface area contributed by atoms with Crippen LogP contribution in [0.5, 0.6) is 0 Å².